The smallest absolute Gasteiger partial charge is 0.233 e. The molecule has 0 spiro atoms. The average molecular weight is 283 g/mol. The van der Waals surface area contributed by atoms with Gasteiger partial charge in [-0.2, -0.15) is 0 Å². The maximum absolute atomic E-state index is 11.9. The Hall–Kier alpha value is -1.27. The van der Waals surface area contributed by atoms with Gasteiger partial charge in [-0.05, 0) is 37.1 Å². The van der Waals surface area contributed by atoms with Crippen LogP contribution in [0.15, 0.2) is 24.3 Å². The molecule has 106 valence electrons. The van der Waals surface area contributed by atoms with E-state index in [1.54, 1.807) is 12.1 Å². The van der Waals surface area contributed by atoms with Crippen molar-refractivity contribution in [2.75, 3.05) is 36.0 Å². The predicted octanol–water partition coefficient (Wildman–Crippen LogP) is 1.25. The third-order valence-electron chi connectivity index (χ3n) is 3.04. The molecular formula is C13H21N3O2S. The molecule has 0 amide bonds. The summed E-state index contributed by atoms with van der Waals surface area (Å²) >= 11 is 0. The third-order valence-corrected chi connectivity index (χ3v) is 4.33. The summed E-state index contributed by atoms with van der Waals surface area (Å²) in [5.41, 5.74) is 1.65. The number of hydrogen-bond donors (Lipinski definition) is 2. The van der Waals surface area contributed by atoms with Crippen molar-refractivity contribution in [2.24, 2.45) is 0 Å². The number of nitrogens with zero attached hydrogens (tertiary/aromatic N) is 1. The Morgan fingerprint density at radius 1 is 1.21 bits per heavy atom. The number of anilines is 2. The quantitative estimate of drug-likeness (QED) is 0.790. The number of sulfonamides is 1. The van der Waals surface area contributed by atoms with Crippen LogP contribution in [0.1, 0.15) is 12.8 Å². The maximum atomic E-state index is 11.9. The summed E-state index contributed by atoms with van der Waals surface area (Å²) in [5.74, 6) is 0.110. The lowest BCUT2D eigenvalue weighted by Gasteiger charge is -2.13. The monoisotopic (exact) mass is 283 g/mol. The normalized spacial score (nSPS) is 15.3. The molecule has 0 heterocycles. The van der Waals surface area contributed by atoms with Crippen molar-refractivity contribution >= 4 is 21.4 Å². The van der Waals surface area contributed by atoms with Crippen LogP contribution in [0.25, 0.3) is 0 Å². The van der Waals surface area contributed by atoms with Crippen molar-refractivity contribution in [1.29, 1.82) is 0 Å². The fourth-order valence-corrected chi connectivity index (χ4v) is 2.73. The minimum atomic E-state index is -3.26. The highest BCUT2D eigenvalue weighted by Gasteiger charge is 2.21. The Labute approximate surface area is 115 Å². The Morgan fingerprint density at radius 3 is 2.37 bits per heavy atom. The van der Waals surface area contributed by atoms with E-state index in [9.17, 15) is 8.42 Å². The van der Waals surface area contributed by atoms with E-state index in [4.69, 9.17) is 0 Å². The van der Waals surface area contributed by atoms with Gasteiger partial charge in [-0.1, -0.05) is 0 Å². The zero-order valence-electron chi connectivity index (χ0n) is 11.4. The molecule has 1 aromatic carbocycles. The number of benzene rings is 1. The molecule has 2 rings (SSSR count). The molecule has 1 aromatic rings. The van der Waals surface area contributed by atoms with Crippen LogP contribution in [-0.2, 0) is 10.0 Å². The van der Waals surface area contributed by atoms with Crippen LogP contribution >= 0.6 is 0 Å². The zero-order chi connectivity index (χ0) is 13.9. The summed E-state index contributed by atoms with van der Waals surface area (Å²) in [7, 11) is 0.633. The Bertz CT molecular complexity index is 507. The van der Waals surface area contributed by atoms with Gasteiger partial charge in [0.1, 0.15) is 0 Å². The van der Waals surface area contributed by atoms with E-state index in [2.05, 4.69) is 10.0 Å². The van der Waals surface area contributed by atoms with E-state index in [-0.39, 0.29) is 5.75 Å². The third kappa shape index (κ3) is 4.72. The minimum Gasteiger partial charge on any atom is -0.378 e. The van der Waals surface area contributed by atoms with E-state index in [1.165, 1.54) is 12.8 Å². The summed E-state index contributed by atoms with van der Waals surface area (Å²) in [4.78, 5) is 1.97. The second kappa shape index (κ2) is 5.79. The fraction of sp³-hybridized carbons (Fsp3) is 0.538. The lowest BCUT2D eigenvalue weighted by atomic mass is 10.3. The minimum absolute atomic E-state index is 0.110. The Kier molecular flexibility index (Phi) is 4.31. The first-order valence-corrected chi connectivity index (χ1v) is 8.13. The van der Waals surface area contributed by atoms with Crippen molar-refractivity contribution in [2.45, 2.75) is 18.9 Å². The van der Waals surface area contributed by atoms with E-state index in [0.717, 1.165) is 5.69 Å². The van der Waals surface area contributed by atoms with Crippen molar-refractivity contribution in [3.05, 3.63) is 24.3 Å². The Balaban J connectivity index is 1.87. The second-order valence-corrected chi connectivity index (χ2v) is 6.93. The molecule has 0 bridgehead atoms. The van der Waals surface area contributed by atoms with E-state index >= 15 is 0 Å². The maximum Gasteiger partial charge on any atom is 0.233 e. The second-order valence-electron chi connectivity index (χ2n) is 5.09. The molecule has 1 fully saturated rings. The van der Waals surface area contributed by atoms with Gasteiger partial charge in [0.2, 0.25) is 10.0 Å². The SMILES string of the molecule is CN(C)c1ccc(NS(=O)(=O)CCNC2CC2)cc1. The summed E-state index contributed by atoms with van der Waals surface area (Å²) in [6.45, 7) is 0.510. The van der Waals surface area contributed by atoms with Gasteiger partial charge >= 0.3 is 0 Å². The van der Waals surface area contributed by atoms with Gasteiger partial charge < -0.3 is 10.2 Å². The van der Waals surface area contributed by atoms with E-state index < -0.39 is 10.0 Å². The molecule has 0 atom stereocenters. The molecule has 5 nitrogen and oxygen atoms in total. The molecule has 1 saturated carbocycles. The van der Waals surface area contributed by atoms with Gasteiger partial charge in [0.15, 0.2) is 0 Å². The van der Waals surface area contributed by atoms with Crippen LogP contribution in [0, 0.1) is 0 Å². The van der Waals surface area contributed by atoms with Crippen molar-refractivity contribution < 1.29 is 8.42 Å². The highest BCUT2D eigenvalue weighted by molar-refractivity contribution is 7.92. The number of rotatable bonds is 7. The summed E-state index contributed by atoms with van der Waals surface area (Å²) in [5, 5.41) is 3.20. The molecule has 19 heavy (non-hydrogen) atoms. The number of nitrogens with one attached hydrogen (secondary N) is 2. The zero-order valence-corrected chi connectivity index (χ0v) is 12.2. The molecule has 1 aliphatic carbocycles. The van der Waals surface area contributed by atoms with Crippen molar-refractivity contribution in [3.63, 3.8) is 0 Å². The summed E-state index contributed by atoms with van der Waals surface area (Å²) < 4.78 is 26.3. The lowest BCUT2D eigenvalue weighted by Crippen LogP contribution is -2.28. The summed E-state index contributed by atoms with van der Waals surface area (Å²) in [6, 6.07) is 7.87. The highest BCUT2D eigenvalue weighted by Crippen LogP contribution is 2.18. The molecule has 6 heteroatoms. The molecule has 1 aliphatic rings. The first kappa shape index (κ1) is 14.1. The van der Waals surface area contributed by atoms with Gasteiger partial charge in [-0.3, -0.25) is 4.72 Å². The van der Waals surface area contributed by atoms with Crippen LogP contribution in [0.3, 0.4) is 0 Å². The fourth-order valence-electron chi connectivity index (χ4n) is 1.74. The van der Waals surface area contributed by atoms with Crippen LogP contribution in [-0.4, -0.2) is 40.9 Å². The standard InChI is InChI=1S/C13H21N3O2S/c1-16(2)13-7-5-12(6-8-13)15-19(17,18)10-9-14-11-3-4-11/h5-8,11,14-15H,3-4,9-10H2,1-2H3. The van der Waals surface area contributed by atoms with Crippen LogP contribution in [0.5, 0.6) is 0 Å². The molecular weight excluding hydrogens is 262 g/mol. The summed E-state index contributed by atoms with van der Waals surface area (Å²) in [6.07, 6.45) is 2.33. The molecule has 0 saturated heterocycles. The molecule has 2 N–H and O–H groups in total. The first-order chi connectivity index (χ1) is 8.96. The van der Waals surface area contributed by atoms with E-state index in [0.29, 0.717) is 18.3 Å². The van der Waals surface area contributed by atoms with Gasteiger partial charge in [-0.25, -0.2) is 8.42 Å². The Morgan fingerprint density at radius 2 is 1.84 bits per heavy atom. The van der Waals surface area contributed by atoms with Crippen molar-refractivity contribution in [3.8, 4) is 0 Å². The van der Waals surface area contributed by atoms with Gasteiger partial charge in [0.25, 0.3) is 0 Å². The van der Waals surface area contributed by atoms with E-state index in [1.807, 2.05) is 31.1 Å². The molecule has 0 aromatic heterocycles. The van der Waals surface area contributed by atoms with Crippen molar-refractivity contribution in [1.82, 2.24) is 5.32 Å². The van der Waals surface area contributed by atoms with Gasteiger partial charge in [0, 0.05) is 38.1 Å². The first-order valence-electron chi connectivity index (χ1n) is 6.47. The van der Waals surface area contributed by atoms with Crippen LogP contribution < -0.4 is 14.9 Å². The molecule has 0 radical (unpaired) electrons. The highest BCUT2D eigenvalue weighted by atomic mass is 32.2. The van der Waals surface area contributed by atoms with Gasteiger partial charge in [-0.15, -0.1) is 0 Å². The number of hydrogen-bond acceptors (Lipinski definition) is 4. The van der Waals surface area contributed by atoms with Gasteiger partial charge in [0.05, 0.1) is 5.75 Å². The van der Waals surface area contributed by atoms with Crippen LogP contribution in [0.2, 0.25) is 0 Å². The molecule has 0 unspecified atom stereocenters. The molecule has 0 aliphatic heterocycles. The lowest BCUT2D eigenvalue weighted by molar-refractivity contribution is 0.595. The largest absolute Gasteiger partial charge is 0.378 e. The average Bonchev–Trinajstić information content (AvgIpc) is 3.13. The van der Waals surface area contributed by atoms with Crippen LogP contribution in [0.4, 0.5) is 11.4 Å². The topological polar surface area (TPSA) is 61.4 Å². The predicted molar refractivity (Wildman–Crippen MR) is 79.2 cm³/mol.